The molecule has 112 valence electrons. The van der Waals surface area contributed by atoms with E-state index in [1.807, 2.05) is 7.05 Å². The van der Waals surface area contributed by atoms with Crippen LogP contribution in [0.4, 0.5) is 0 Å². The number of hydrogen-bond acceptors (Lipinski definition) is 2. The lowest BCUT2D eigenvalue weighted by Crippen LogP contribution is -2.47. The van der Waals surface area contributed by atoms with Crippen LogP contribution in [-0.4, -0.2) is 22.5 Å². The van der Waals surface area contributed by atoms with Crippen molar-refractivity contribution in [2.45, 2.75) is 63.1 Å². The monoisotopic (exact) mass is 293 g/mol. The van der Waals surface area contributed by atoms with Gasteiger partial charge in [0.25, 0.3) is 0 Å². The molecular formula is C17H27NOS. The van der Waals surface area contributed by atoms with E-state index in [1.54, 1.807) is 0 Å². The molecule has 3 atom stereocenters. The zero-order valence-electron chi connectivity index (χ0n) is 13.3. The van der Waals surface area contributed by atoms with Crippen molar-refractivity contribution in [3.05, 3.63) is 29.3 Å². The Balaban J connectivity index is 2.29. The standard InChI is InChI=1S/C17H27NOS/c1-12-6-7-15(13(2)10-12)20(19)16-11-17(3,4)9-8-14(16)18-5/h6-7,10,14,16,18H,8-9,11H2,1-5H3. The molecule has 1 fully saturated rings. The molecule has 1 aliphatic carbocycles. The third-order valence-electron chi connectivity index (χ3n) is 4.53. The molecule has 1 aromatic carbocycles. The molecule has 1 saturated carbocycles. The van der Waals surface area contributed by atoms with Crippen molar-refractivity contribution in [3.8, 4) is 0 Å². The highest BCUT2D eigenvalue weighted by molar-refractivity contribution is 7.85. The lowest BCUT2D eigenvalue weighted by molar-refractivity contribution is 0.216. The molecule has 1 aromatic rings. The van der Waals surface area contributed by atoms with Gasteiger partial charge in [0.15, 0.2) is 0 Å². The van der Waals surface area contributed by atoms with Crippen molar-refractivity contribution in [2.75, 3.05) is 7.05 Å². The number of aryl methyl sites for hydroxylation is 2. The first-order chi connectivity index (χ1) is 9.34. The number of hydrogen-bond donors (Lipinski definition) is 1. The molecule has 0 spiro atoms. The fourth-order valence-electron chi connectivity index (χ4n) is 3.26. The van der Waals surface area contributed by atoms with E-state index in [1.165, 1.54) is 12.0 Å². The van der Waals surface area contributed by atoms with E-state index in [0.717, 1.165) is 23.3 Å². The SMILES string of the molecule is CNC1CCC(C)(C)CC1S(=O)c1ccc(C)cc1C. The van der Waals surface area contributed by atoms with E-state index in [2.05, 4.69) is 51.2 Å². The molecule has 0 heterocycles. The Morgan fingerprint density at radius 3 is 2.60 bits per heavy atom. The first kappa shape index (κ1) is 15.7. The van der Waals surface area contributed by atoms with Crippen LogP contribution >= 0.6 is 0 Å². The molecular weight excluding hydrogens is 266 g/mol. The quantitative estimate of drug-likeness (QED) is 0.923. The second-order valence-electron chi connectivity index (χ2n) is 6.91. The summed E-state index contributed by atoms with van der Waals surface area (Å²) in [6, 6.07) is 6.62. The smallest absolute Gasteiger partial charge is 0.0579 e. The first-order valence-corrected chi connectivity index (χ1v) is 8.70. The largest absolute Gasteiger partial charge is 0.316 e. The molecule has 2 nitrogen and oxygen atoms in total. The van der Waals surface area contributed by atoms with E-state index in [-0.39, 0.29) is 5.25 Å². The average molecular weight is 293 g/mol. The van der Waals surface area contributed by atoms with Crippen molar-refractivity contribution in [1.29, 1.82) is 0 Å². The van der Waals surface area contributed by atoms with Crippen molar-refractivity contribution >= 4 is 10.8 Å². The lowest BCUT2D eigenvalue weighted by atomic mass is 9.75. The topological polar surface area (TPSA) is 29.1 Å². The van der Waals surface area contributed by atoms with E-state index in [4.69, 9.17) is 0 Å². The van der Waals surface area contributed by atoms with Gasteiger partial charge in [-0.3, -0.25) is 4.21 Å². The number of benzene rings is 1. The molecule has 0 saturated heterocycles. The highest BCUT2D eigenvalue weighted by Crippen LogP contribution is 2.39. The molecule has 1 N–H and O–H groups in total. The number of rotatable bonds is 3. The predicted octanol–water partition coefficient (Wildman–Crippen LogP) is 3.58. The highest BCUT2D eigenvalue weighted by atomic mass is 32.2. The van der Waals surface area contributed by atoms with Crippen LogP contribution in [0.3, 0.4) is 0 Å². The van der Waals surface area contributed by atoms with Gasteiger partial charge in [0.1, 0.15) is 0 Å². The van der Waals surface area contributed by atoms with E-state index < -0.39 is 10.8 Å². The van der Waals surface area contributed by atoms with E-state index >= 15 is 0 Å². The predicted molar refractivity (Wildman–Crippen MR) is 86.6 cm³/mol. The normalized spacial score (nSPS) is 27.2. The molecule has 0 radical (unpaired) electrons. The van der Waals surface area contributed by atoms with Crippen LogP contribution in [0.15, 0.2) is 23.1 Å². The minimum Gasteiger partial charge on any atom is -0.316 e. The average Bonchev–Trinajstić information content (AvgIpc) is 2.37. The van der Waals surface area contributed by atoms with Gasteiger partial charge < -0.3 is 5.32 Å². The Morgan fingerprint density at radius 1 is 1.30 bits per heavy atom. The maximum atomic E-state index is 13.1. The fraction of sp³-hybridized carbons (Fsp3) is 0.647. The zero-order valence-corrected chi connectivity index (χ0v) is 14.1. The molecule has 3 unspecified atom stereocenters. The molecule has 0 bridgehead atoms. The number of nitrogens with one attached hydrogen (secondary N) is 1. The van der Waals surface area contributed by atoms with Gasteiger partial charge in [0.2, 0.25) is 0 Å². The Bertz CT molecular complexity index is 510. The summed E-state index contributed by atoms with van der Waals surface area (Å²) in [6.07, 6.45) is 3.35. The maximum Gasteiger partial charge on any atom is 0.0579 e. The van der Waals surface area contributed by atoms with E-state index in [0.29, 0.717) is 11.5 Å². The van der Waals surface area contributed by atoms with Gasteiger partial charge in [-0.15, -0.1) is 0 Å². The van der Waals surface area contributed by atoms with Crippen LogP contribution in [-0.2, 0) is 10.8 Å². The summed E-state index contributed by atoms with van der Waals surface area (Å²) >= 11 is 0. The Kier molecular flexibility index (Phi) is 4.70. The van der Waals surface area contributed by atoms with Crippen molar-refractivity contribution in [2.24, 2.45) is 5.41 Å². The van der Waals surface area contributed by atoms with Crippen LogP contribution in [0, 0.1) is 19.3 Å². The summed E-state index contributed by atoms with van der Waals surface area (Å²) in [6.45, 7) is 8.75. The van der Waals surface area contributed by atoms with Crippen LogP contribution < -0.4 is 5.32 Å². The van der Waals surface area contributed by atoms with Crippen molar-refractivity contribution in [3.63, 3.8) is 0 Å². The molecule has 0 amide bonds. The first-order valence-electron chi connectivity index (χ1n) is 7.49. The van der Waals surface area contributed by atoms with Gasteiger partial charge in [-0.1, -0.05) is 31.5 Å². The second-order valence-corrected chi connectivity index (χ2v) is 8.55. The molecule has 2 rings (SSSR count). The molecule has 3 heteroatoms. The summed E-state index contributed by atoms with van der Waals surface area (Å²) in [5.74, 6) is 0. The fourth-order valence-corrected chi connectivity index (χ4v) is 5.34. The van der Waals surface area contributed by atoms with Crippen LogP contribution in [0.1, 0.15) is 44.2 Å². The van der Waals surface area contributed by atoms with Crippen LogP contribution in [0.2, 0.25) is 0 Å². The Morgan fingerprint density at radius 2 is 2.00 bits per heavy atom. The van der Waals surface area contributed by atoms with Crippen LogP contribution in [0.25, 0.3) is 0 Å². The summed E-state index contributed by atoms with van der Waals surface area (Å²) in [7, 11) is 1.07. The third kappa shape index (κ3) is 3.32. The minimum absolute atomic E-state index is 0.213. The second kappa shape index (κ2) is 5.98. The van der Waals surface area contributed by atoms with Gasteiger partial charge in [-0.25, -0.2) is 0 Å². The van der Waals surface area contributed by atoms with Gasteiger partial charge in [0.05, 0.1) is 16.0 Å². The zero-order chi connectivity index (χ0) is 14.9. The molecule has 1 aliphatic rings. The minimum atomic E-state index is -0.929. The highest BCUT2D eigenvalue weighted by Gasteiger charge is 2.38. The maximum absolute atomic E-state index is 13.1. The van der Waals surface area contributed by atoms with Gasteiger partial charge in [-0.05, 0) is 57.2 Å². The molecule has 0 aromatic heterocycles. The summed E-state index contributed by atoms with van der Waals surface area (Å²) in [4.78, 5) is 1.01. The summed E-state index contributed by atoms with van der Waals surface area (Å²) < 4.78 is 13.1. The van der Waals surface area contributed by atoms with Crippen molar-refractivity contribution in [1.82, 2.24) is 5.32 Å². The van der Waals surface area contributed by atoms with Gasteiger partial charge >= 0.3 is 0 Å². The van der Waals surface area contributed by atoms with E-state index in [9.17, 15) is 4.21 Å². The Labute approximate surface area is 125 Å². The van der Waals surface area contributed by atoms with Crippen molar-refractivity contribution < 1.29 is 4.21 Å². The van der Waals surface area contributed by atoms with Gasteiger partial charge in [0, 0.05) is 10.9 Å². The van der Waals surface area contributed by atoms with Crippen LogP contribution in [0.5, 0.6) is 0 Å². The lowest BCUT2D eigenvalue weighted by Gasteiger charge is -2.40. The molecule has 20 heavy (non-hydrogen) atoms. The summed E-state index contributed by atoms with van der Waals surface area (Å²) in [5, 5.41) is 3.59. The third-order valence-corrected chi connectivity index (χ3v) is 6.46. The Hall–Kier alpha value is -0.670. The summed E-state index contributed by atoms with van der Waals surface area (Å²) in [5.41, 5.74) is 2.69. The van der Waals surface area contributed by atoms with Gasteiger partial charge in [-0.2, -0.15) is 0 Å². The molecule has 0 aliphatic heterocycles.